The van der Waals surface area contributed by atoms with Gasteiger partial charge in [-0.15, -0.1) is 16.9 Å². The lowest BCUT2D eigenvalue weighted by Crippen LogP contribution is -2.34. The predicted octanol–water partition coefficient (Wildman–Crippen LogP) is 3.04. The fourth-order valence-electron chi connectivity index (χ4n) is 1.99. The van der Waals surface area contributed by atoms with Crippen LogP contribution >= 0.6 is 11.8 Å². The van der Waals surface area contributed by atoms with Crippen LogP contribution in [-0.4, -0.2) is 36.7 Å². The highest BCUT2D eigenvalue weighted by molar-refractivity contribution is 8.01. The fraction of sp³-hybridized carbons (Fsp3) is 0.438. The van der Waals surface area contributed by atoms with Crippen LogP contribution in [-0.2, 0) is 4.79 Å². The van der Waals surface area contributed by atoms with E-state index < -0.39 is 4.75 Å². The number of benzene rings is 1. The van der Waals surface area contributed by atoms with Crippen LogP contribution in [0.1, 0.15) is 26.7 Å². The summed E-state index contributed by atoms with van der Waals surface area (Å²) in [5.74, 6) is 2.70. The highest BCUT2D eigenvalue weighted by Gasteiger charge is 2.32. The molecule has 0 saturated heterocycles. The lowest BCUT2D eigenvalue weighted by molar-refractivity contribution is -0.117. The second kappa shape index (κ2) is 6.23. The number of hydrogen-bond donors (Lipinski definition) is 3. The zero-order chi connectivity index (χ0) is 16.4. The van der Waals surface area contributed by atoms with E-state index in [-0.39, 0.29) is 17.6 Å². The molecule has 0 radical (unpaired) electrons. The molecule has 7 heteroatoms. The van der Waals surface area contributed by atoms with Gasteiger partial charge in [-0.1, -0.05) is 0 Å². The van der Waals surface area contributed by atoms with Crippen LogP contribution in [0.25, 0.3) is 11.4 Å². The van der Waals surface area contributed by atoms with Gasteiger partial charge in [0.2, 0.25) is 11.9 Å². The average Bonchev–Trinajstić information content (AvgIpc) is 3.24. The minimum Gasteiger partial charge on any atom is -0.508 e. The third-order valence-electron chi connectivity index (χ3n) is 3.78. The number of phenolic OH excluding ortho intramolecular Hbond substituents is 1. The lowest BCUT2D eigenvalue weighted by atomic mass is 10.2. The SMILES string of the molecule is CC(C)(SCC1CC1)C(=O)Nc1n[nH]c(-c2ccc(O)cc2)n1. The molecule has 3 rings (SSSR count). The molecule has 122 valence electrons. The van der Waals surface area contributed by atoms with E-state index in [0.29, 0.717) is 5.82 Å². The Morgan fingerprint density at radius 3 is 2.74 bits per heavy atom. The first-order chi connectivity index (χ1) is 10.9. The number of hydrogen-bond acceptors (Lipinski definition) is 5. The molecule has 1 aromatic heterocycles. The van der Waals surface area contributed by atoms with Crippen LogP contribution in [0.4, 0.5) is 5.95 Å². The van der Waals surface area contributed by atoms with E-state index in [2.05, 4.69) is 20.5 Å². The Hall–Kier alpha value is -2.02. The van der Waals surface area contributed by atoms with E-state index in [9.17, 15) is 9.90 Å². The first-order valence-electron chi connectivity index (χ1n) is 7.61. The van der Waals surface area contributed by atoms with Gasteiger partial charge in [0, 0.05) is 5.56 Å². The Bertz CT molecular complexity index is 692. The molecule has 1 aliphatic rings. The van der Waals surface area contributed by atoms with Crippen molar-refractivity contribution in [3.63, 3.8) is 0 Å². The van der Waals surface area contributed by atoms with Crippen molar-refractivity contribution in [1.29, 1.82) is 0 Å². The van der Waals surface area contributed by atoms with Crippen LogP contribution in [0.5, 0.6) is 5.75 Å². The Morgan fingerprint density at radius 2 is 2.09 bits per heavy atom. The number of carbonyl (C=O) groups is 1. The number of nitrogens with one attached hydrogen (secondary N) is 2. The minimum absolute atomic E-state index is 0.0978. The van der Waals surface area contributed by atoms with Gasteiger partial charge in [0.15, 0.2) is 5.82 Å². The van der Waals surface area contributed by atoms with Crippen molar-refractivity contribution in [1.82, 2.24) is 15.2 Å². The molecule has 1 fully saturated rings. The van der Waals surface area contributed by atoms with Crippen molar-refractivity contribution >= 4 is 23.6 Å². The van der Waals surface area contributed by atoms with Crippen molar-refractivity contribution in [3.8, 4) is 17.1 Å². The van der Waals surface area contributed by atoms with Crippen LogP contribution in [0.15, 0.2) is 24.3 Å². The van der Waals surface area contributed by atoms with E-state index >= 15 is 0 Å². The summed E-state index contributed by atoms with van der Waals surface area (Å²) in [6.07, 6.45) is 2.56. The maximum absolute atomic E-state index is 12.4. The highest BCUT2D eigenvalue weighted by atomic mass is 32.2. The molecule has 2 aromatic rings. The number of carbonyl (C=O) groups excluding carboxylic acids is 1. The Labute approximate surface area is 139 Å². The van der Waals surface area contributed by atoms with E-state index in [0.717, 1.165) is 17.2 Å². The van der Waals surface area contributed by atoms with Crippen LogP contribution in [0.3, 0.4) is 0 Å². The summed E-state index contributed by atoms with van der Waals surface area (Å²) >= 11 is 1.68. The molecule has 23 heavy (non-hydrogen) atoms. The fourth-order valence-corrected chi connectivity index (χ4v) is 3.16. The summed E-state index contributed by atoms with van der Waals surface area (Å²) in [5, 5.41) is 18.9. The highest BCUT2D eigenvalue weighted by Crippen LogP contribution is 2.37. The molecule has 0 unspecified atom stereocenters. The quantitative estimate of drug-likeness (QED) is 0.756. The van der Waals surface area contributed by atoms with Gasteiger partial charge in [0.05, 0.1) is 4.75 Å². The van der Waals surface area contributed by atoms with E-state index in [4.69, 9.17) is 0 Å². The van der Waals surface area contributed by atoms with Gasteiger partial charge >= 0.3 is 0 Å². The van der Waals surface area contributed by atoms with Gasteiger partial charge in [-0.3, -0.25) is 15.2 Å². The number of amides is 1. The second-order valence-electron chi connectivity index (χ2n) is 6.27. The number of rotatable bonds is 6. The minimum atomic E-state index is -0.512. The molecule has 0 atom stereocenters. The molecule has 1 aliphatic carbocycles. The molecule has 6 nitrogen and oxygen atoms in total. The van der Waals surface area contributed by atoms with Gasteiger partial charge in [0.25, 0.3) is 0 Å². The number of thioether (sulfide) groups is 1. The van der Waals surface area contributed by atoms with Gasteiger partial charge in [-0.05, 0) is 62.6 Å². The van der Waals surface area contributed by atoms with Crippen molar-refractivity contribution in [2.75, 3.05) is 11.1 Å². The second-order valence-corrected chi connectivity index (χ2v) is 7.92. The summed E-state index contributed by atoms with van der Waals surface area (Å²) in [4.78, 5) is 16.7. The smallest absolute Gasteiger partial charge is 0.249 e. The number of phenols is 1. The zero-order valence-electron chi connectivity index (χ0n) is 13.2. The monoisotopic (exact) mass is 332 g/mol. The standard InChI is InChI=1S/C16H20N4O2S/c1-16(2,23-9-10-3-4-10)14(22)18-15-17-13(19-20-15)11-5-7-12(21)8-6-11/h5-8,10,21H,3-4,9H2,1-2H3,(H2,17,18,19,20,22). The van der Waals surface area contributed by atoms with Crippen molar-refractivity contribution < 1.29 is 9.90 Å². The number of H-pyrrole nitrogens is 1. The molecule has 3 N–H and O–H groups in total. The lowest BCUT2D eigenvalue weighted by Gasteiger charge is -2.21. The maximum atomic E-state index is 12.4. The van der Waals surface area contributed by atoms with Crippen LogP contribution in [0, 0.1) is 5.92 Å². The summed E-state index contributed by atoms with van der Waals surface area (Å²) < 4.78 is -0.512. The van der Waals surface area contributed by atoms with Gasteiger partial charge in [0.1, 0.15) is 5.75 Å². The molecular weight excluding hydrogens is 312 g/mol. The molecule has 0 aliphatic heterocycles. The van der Waals surface area contributed by atoms with Crippen molar-refractivity contribution in [2.45, 2.75) is 31.4 Å². The summed E-state index contributed by atoms with van der Waals surface area (Å²) in [6, 6.07) is 6.62. The molecule has 1 heterocycles. The molecule has 1 aromatic carbocycles. The van der Waals surface area contributed by atoms with Crippen molar-refractivity contribution in [2.24, 2.45) is 5.92 Å². The Morgan fingerprint density at radius 1 is 1.39 bits per heavy atom. The molecule has 1 saturated carbocycles. The Balaban J connectivity index is 1.63. The van der Waals surface area contributed by atoms with Crippen LogP contribution in [0.2, 0.25) is 0 Å². The van der Waals surface area contributed by atoms with Crippen LogP contribution < -0.4 is 5.32 Å². The number of aromatic hydroxyl groups is 1. The third-order valence-corrected chi connectivity index (χ3v) is 5.32. The first kappa shape index (κ1) is 15.9. The number of nitrogens with zero attached hydrogens (tertiary/aromatic N) is 2. The van der Waals surface area contributed by atoms with E-state index in [1.165, 1.54) is 12.8 Å². The number of aromatic amines is 1. The predicted molar refractivity (Wildman–Crippen MR) is 91.4 cm³/mol. The zero-order valence-corrected chi connectivity index (χ0v) is 14.0. The topological polar surface area (TPSA) is 90.9 Å². The number of anilines is 1. The molecule has 1 amide bonds. The normalized spacial score (nSPS) is 14.7. The Kier molecular flexibility index (Phi) is 4.30. The summed E-state index contributed by atoms with van der Waals surface area (Å²) in [5.41, 5.74) is 0.790. The average molecular weight is 332 g/mol. The third kappa shape index (κ3) is 4.04. The maximum Gasteiger partial charge on any atom is 0.249 e. The number of aromatic nitrogens is 3. The van der Waals surface area contributed by atoms with Gasteiger partial charge < -0.3 is 5.11 Å². The molecule has 0 spiro atoms. The largest absolute Gasteiger partial charge is 0.508 e. The van der Waals surface area contributed by atoms with Gasteiger partial charge in [-0.2, -0.15) is 4.98 Å². The van der Waals surface area contributed by atoms with Crippen molar-refractivity contribution in [3.05, 3.63) is 24.3 Å². The summed E-state index contributed by atoms with van der Waals surface area (Å²) in [6.45, 7) is 3.84. The first-order valence-corrected chi connectivity index (χ1v) is 8.60. The van der Waals surface area contributed by atoms with E-state index in [1.54, 1.807) is 36.0 Å². The van der Waals surface area contributed by atoms with Gasteiger partial charge in [-0.25, -0.2) is 0 Å². The van der Waals surface area contributed by atoms with E-state index in [1.807, 2.05) is 13.8 Å². The summed E-state index contributed by atoms with van der Waals surface area (Å²) in [7, 11) is 0. The molecular formula is C16H20N4O2S. The molecule has 0 bridgehead atoms.